The Hall–Kier alpha value is -2.70. The minimum atomic E-state index is -0.405. The highest BCUT2D eigenvalue weighted by atomic mass is 16.2. The molecule has 2 heterocycles. The monoisotopic (exact) mass is 329 g/mol. The van der Waals surface area contributed by atoms with Crippen molar-refractivity contribution in [2.24, 2.45) is 0 Å². The molecule has 7 heteroatoms. The summed E-state index contributed by atoms with van der Waals surface area (Å²) in [6.07, 6.45) is 1.14. The van der Waals surface area contributed by atoms with Gasteiger partial charge in [-0.3, -0.25) is 24.1 Å². The van der Waals surface area contributed by atoms with Crippen molar-refractivity contribution in [2.75, 3.05) is 18.4 Å². The van der Waals surface area contributed by atoms with Crippen molar-refractivity contribution in [3.05, 3.63) is 29.3 Å². The zero-order valence-corrected chi connectivity index (χ0v) is 13.5. The molecular formula is C17H19N3O4. The van der Waals surface area contributed by atoms with Crippen molar-refractivity contribution in [1.82, 2.24) is 9.80 Å². The average Bonchev–Trinajstić information content (AvgIpc) is 2.86. The number of fused-ring (bicyclic) bond motifs is 1. The fraction of sp³-hybridized carbons (Fsp3) is 0.412. The van der Waals surface area contributed by atoms with Gasteiger partial charge in [0.05, 0.1) is 0 Å². The molecule has 24 heavy (non-hydrogen) atoms. The standard InChI is InChI=1S/C17H19N3O4/c1-11(21)19-7-6-12-2-3-14(8-13(12)9-19)18-15(22)10-20-16(23)4-5-17(20)24/h2-3,8H,4-7,9-10H2,1H3,(H,18,22). The smallest absolute Gasteiger partial charge is 0.244 e. The largest absolute Gasteiger partial charge is 0.338 e. The van der Waals surface area contributed by atoms with E-state index in [0.29, 0.717) is 18.8 Å². The molecule has 0 radical (unpaired) electrons. The lowest BCUT2D eigenvalue weighted by Crippen LogP contribution is -2.37. The molecule has 2 aliphatic heterocycles. The van der Waals surface area contributed by atoms with Crippen molar-refractivity contribution < 1.29 is 19.2 Å². The Labute approximate surface area is 139 Å². The molecule has 1 saturated heterocycles. The van der Waals surface area contributed by atoms with Gasteiger partial charge in [0, 0.05) is 38.5 Å². The molecule has 2 aliphatic rings. The molecule has 0 unspecified atom stereocenters. The van der Waals surface area contributed by atoms with Crippen LogP contribution in [0.3, 0.4) is 0 Å². The lowest BCUT2D eigenvalue weighted by Gasteiger charge is -2.28. The minimum absolute atomic E-state index is 0.0288. The van der Waals surface area contributed by atoms with E-state index in [-0.39, 0.29) is 37.1 Å². The first-order valence-corrected chi connectivity index (χ1v) is 7.94. The van der Waals surface area contributed by atoms with Gasteiger partial charge in [0.25, 0.3) is 0 Å². The predicted octanol–water partition coefficient (Wildman–Crippen LogP) is 0.679. The summed E-state index contributed by atoms with van der Waals surface area (Å²) >= 11 is 0. The zero-order chi connectivity index (χ0) is 17.3. The van der Waals surface area contributed by atoms with Gasteiger partial charge in [-0.05, 0) is 29.7 Å². The normalized spacial score (nSPS) is 17.0. The Morgan fingerprint density at radius 3 is 2.46 bits per heavy atom. The van der Waals surface area contributed by atoms with Gasteiger partial charge in [0.2, 0.25) is 23.6 Å². The van der Waals surface area contributed by atoms with E-state index in [0.717, 1.165) is 22.4 Å². The van der Waals surface area contributed by atoms with Crippen LogP contribution in [0.15, 0.2) is 18.2 Å². The molecule has 7 nitrogen and oxygen atoms in total. The van der Waals surface area contributed by atoms with Gasteiger partial charge >= 0.3 is 0 Å². The summed E-state index contributed by atoms with van der Waals surface area (Å²) in [6.45, 7) is 2.51. The van der Waals surface area contributed by atoms with Crippen LogP contribution in [0, 0.1) is 0 Å². The van der Waals surface area contributed by atoms with E-state index in [1.54, 1.807) is 17.9 Å². The summed E-state index contributed by atoms with van der Waals surface area (Å²) in [5.41, 5.74) is 2.77. The van der Waals surface area contributed by atoms with E-state index in [1.807, 2.05) is 12.1 Å². The molecule has 3 rings (SSSR count). The Morgan fingerprint density at radius 1 is 1.08 bits per heavy atom. The number of amides is 4. The first-order valence-electron chi connectivity index (χ1n) is 7.94. The lowest BCUT2D eigenvalue weighted by molar-refractivity contribution is -0.141. The third kappa shape index (κ3) is 3.29. The minimum Gasteiger partial charge on any atom is -0.338 e. The van der Waals surface area contributed by atoms with Crippen molar-refractivity contribution in [1.29, 1.82) is 0 Å². The highest BCUT2D eigenvalue weighted by molar-refractivity contribution is 6.06. The molecule has 1 aromatic carbocycles. The third-order valence-electron chi connectivity index (χ3n) is 4.40. The first kappa shape index (κ1) is 16.2. The molecule has 0 aromatic heterocycles. The fourth-order valence-corrected chi connectivity index (χ4v) is 3.05. The second-order valence-electron chi connectivity index (χ2n) is 6.10. The summed E-state index contributed by atoms with van der Waals surface area (Å²) in [5.74, 6) is -0.991. The van der Waals surface area contributed by atoms with Crippen LogP contribution in [0.25, 0.3) is 0 Å². The summed E-state index contributed by atoms with van der Waals surface area (Å²) < 4.78 is 0. The number of imide groups is 1. The Morgan fingerprint density at radius 2 is 1.79 bits per heavy atom. The van der Waals surface area contributed by atoms with Crippen LogP contribution in [-0.4, -0.2) is 46.5 Å². The number of nitrogens with zero attached hydrogens (tertiary/aromatic N) is 2. The van der Waals surface area contributed by atoms with Crippen LogP contribution in [0.1, 0.15) is 30.9 Å². The maximum atomic E-state index is 12.1. The third-order valence-corrected chi connectivity index (χ3v) is 4.40. The topological polar surface area (TPSA) is 86.8 Å². The highest BCUT2D eigenvalue weighted by Gasteiger charge is 2.30. The van der Waals surface area contributed by atoms with Crippen LogP contribution in [0.5, 0.6) is 0 Å². The van der Waals surface area contributed by atoms with Crippen LogP contribution >= 0.6 is 0 Å². The Kier molecular flexibility index (Phi) is 4.33. The van der Waals surface area contributed by atoms with Gasteiger partial charge in [-0.15, -0.1) is 0 Å². The predicted molar refractivity (Wildman–Crippen MR) is 85.8 cm³/mol. The van der Waals surface area contributed by atoms with Crippen molar-refractivity contribution in [3.63, 3.8) is 0 Å². The molecule has 1 fully saturated rings. The van der Waals surface area contributed by atoms with E-state index >= 15 is 0 Å². The number of carbonyl (C=O) groups is 4. The van der Waals surface area contributed by atoms with Crippen molar-refractivity contribution in [2.45, 2.75) is 32.7 Å². The van der Waals surface area contributed by atoms with E-state index in [9.17, 15) is 19.2 Å². The van der Waals surface area contributed by atoms with Crippen LogP contribution in [0.2, 0.25) is 0 Å². The SMILES string of the molecule is CC(=O)N1CCc2ccc(NC(=O)CN3C(=O)CCC3=O)cc2C1. The number of hydrogen-bond donors (Lipinski definition) is 1. The van der Waals surface area contributed by atoms with Crippen LogP contribution in [0.4, 0.5) is 5.69 Å². The molecular weight excluding hydrogens is 310 g/mol. The Bertz CT molecular complexity index is 713. The summed E-state index contributed by atoms with van der Waals surface area (Å²) in [4.78, 5) is 49.4. The maximum Gasteiger partial charge on any atom is 0.244 e. The number of carbonyl (C=O) groups excluding carboxylic acids is 4. The summed E-state index contributed by atoms with van der Waals surface area (Å²) in [6, 6.07) is 5.58. The van der Waals surface area contributed by atoms with Gasteiger partial charge in [0.1, 0.15) is 6.54 Å². The van der Waals surface area contributed by atoms with E-state index in [4.69, 9.17) is 0 Å². The highest BCUT2D eigenvalue weighted by Crippen LogP contribution is 2.23. The maximum absolute atomic E-state index is 12.1. The Balaban J connectivity index is 1.66. The summed E-state index contributed by atoms with van der Waals surface area (Å²) in [5, 5.41) is 2.72. The molecule has 0 bridgehead atoms. The number of benzene rings is 1. The quantitative estimate of drug-likeness (QED) is 0.826. The van der Waals surface area contributed by atoms with E-state index < -0.39 is 5.91 Å². The number of likely N-dealkylation sites (tertiary alicyclic amines) is 1. The van der Waals surface area contributed by atoms with Crippen LogP contribution < -0.4 is 5.32 Å². The molecule has 126 valence electrons. The van der Waals surface area contributed by atoms with Crippen molar-refractivity contribution >= 4 is 29.3 Å². The van der Waals surface area contributed by atoms with Gasteiger partial charge < -0.3 is 10.2 Å². The number of rotatable bonds is 3. The zero-order valence-electron chi connectivity index (χ0n) is 13.5. The van der Waals surface area contributed by atoms with Gasteiger partial charge in [0.15, 0.2) is 0 Å². The first-order chi connectivity index (χ1) is 11.4. The molecule has 1 N–H and O–H groups in total. The molecule has 0 atom stereocenters. The van der Waals surface area contributed by atoms with Gasteiger partial charge in [-0.25, -0.2) is 0 Å². The number of nitrogens with one attached hydrogen (secondary N) is 1. The molecule has 0 aliphatic carbocycles. The second kappa shape index (κ2) is 6.43. The van der Waals surface area contributed by atoms with E-state index in [1.165, 1.54) is 0 Å². The number of hydrogen-bond acceptors (Lipinski definition) is 4. The van der Waals surface area contributed by atoms with Gasteiger partial charge in [-0.1, -0.05) is 6.07 Å². The lowest BCUT2D eigenvalue weighted by atomic mass is 9.99. The van der Waals surface area contributed by atoms with E-state index in [2.05, 4.69) is 5.32 Å². The fourth-order valence-electron chi connectivity index (χ4n) is 3.05. The molecule has 1 aromatic rings. The van der Waals surface area contributed by atoms with Crippen LogP contribution in [-0.2, 0) is 32.1 Å². The summed E-state index contributed by atoms with van der Waals surface area (Å²) in [7, 11) is 0. The second-order valence-corrected chi connectivity index (χ2v) is 6.10. The van der Waals surface area contributed by atoms with Gasteiger partial charge in [-0.2, -0.15) is 0 Å². The molecule has 4 amide bonds. The van der Waals surface area contributed by atoms with Crippen molar-refractivity contribution in [3.8, 4) is 0 Å². The molecule has 0 saturated carbocycles. The number of anilines is 1. The average molecular weight is 329 g/mol. The molecule has 0 spiro atoms.